The van der Waals surface area contributed by atoms with Crippen LogP contribution in [0.3, 0.4) is 0 Å². The van der Waals surface area contributed by atoms with Gasteiger partial charge in [-0.1, -0.05) is 44.4 Å². The van der Waals surface area contributed by atoms with Crippen molar-refractivity contribution >= 4 is 16.7 Å². The highest BCUT2D eigenvalue weighted by Gasteiger charge is 2.46. The number of rotatable bonds is 8. The molecule has 0 aromatic heterocycles. The maximum absolute atomic E-state index is 13.7. The van der Waals surface area contributed by atoms with E-state index in [1.165, 1.54) is 25.0 Å². The summed E-state index contributed by atoms with van der Waals surface area (Å²) in [5.74, 6) is 0.326. The van der Waals surface area contributed by atoms with E-state index >= 15 is 0 Å². The van der Waals surface area contributed by atoms with Gasteiger partial charge < -0.3 is 4.74 Å². The Kier molecular flexibility index (Phi) is 6.44. The van der Waals surface area contributed by atoms with E-state index in [9.17, 15) is 18.0 Å². The van der Waals surface area contributed by atoms with Gasteiger partial charge in [-0.2, -0.15) is 13.2 Å². The van der Waals surface area contributed by atoms with Gasteiger partial charge in [-0.05, 0) is 41.0 Å². The molecular weight excluding hydrogens is 369 g/mol. The number of nitrogens with zero attached hydrogens (tertiary/aromatic N) is 1. The zero-order chi connectivity index (χ0) is 20.1. The van der Waals surface area contributed by atoms with E-state index < -0.39 is 18.1 Å². The summed E-state index contributed by atoms with van der Waals surface area (Å²) in [4.78, 5) is 11.4. The SMILES string of the molecule is CCCCCCOc1ccc2cc([C@H](N3CCC(=O)N3)C(F)(F)F)ccc2c1. The summed E-state index contributed by atoms with van der Waals surface area (Å²) in [7, 11) is 0. The van der Waals surface area contributed by atoms with Crippen LogP contribution in [-0.4, -0.2) is 30.2 Å². The molecule has 1 saturated heterocycles. The Labute approximate surface area is 162 Å². The smallest absolute Gasteiger partial charge is 0.409 e. The molecule has 0 unspecified atom stereocenters. The number of hydrazine groups is 1. The minimum absolute atomic E-state index is 0.0336. The van der Waals surface area contributed by atoms with Gasteiger partial charge in [-0.15, -0.1) is 0 Å². The standard InChI is InChI=1S/C21H25F3N2O2/c1-2-3-4-5-12-28-18-9-8-15-13-17(7-6-16(15)14-18)20(21(22,23)24)26-11-10-19(27)25-26/h6-9,13-14,20H,2-5,10-12H2,1H3,(H,25,27)/t20-/m0/s1. The number of amides is 1. The number of hydrogen-bond donors (Lipinski definition) is 1. The van der Waals surface area contributed by atoms with E-state index in [0.717, 1.165) is 29.0 Å². The molecular formula is C21H25F3N2O2. The highest BCUT2D eigenvalue weighted by molar-refractivity contribution is 5.84. The number of carbonyl (C=O) groups is 1. The van der Waals surface area contributed by atoms with Crippen molar-refractivity contribution in [2.45, 2.75) is 51.2 Å². The minimum Gasteiger partial charge on any atom is -0.494 e. The first-order valence-electron chi connectivity index (χ1n) is 9.68. The largest absolute Gasteiger partial charge is 0.494 e. The van der Waals surface area contributed by atoms with E-state index in [-0.39, 0.29) is 18.5 Å². The summed E-state index contributed by atoms with van der Waals surface area (Å²) in [6, 6.07) is 8.21. The van der Waals surface area contributed by atoms with Gasteiger partial charge in [0.25, 0.3) is 0 Å². The van der Waals surface area contributed by atoms with Gasteiger partial charge in [-0.25, -0.2) is 5.01 Å². The number of alkyl halides is 3. The van der Waals surface area contributed by atoms with Gasteiger partial charge >= 0.3 is 6.18 Å². The Balaban J connectivity index is 1.77. The van der Waals surface area contributed by atoms with Gasteiger partial charge in [0.1, 0.15) is 11.8 Å². The van der Waals surface area contributed by atoms with Crippen LogP contribution in [0.1, 0.15) is 50.6 Å². The Morgan fingerprint density at radius 1 is 1.11 bits per heavy atom. The average Bonchev–Trinajstić information content (AvgIpc) is 3.06. The van der Waals surface area contributed by atoms with Crippen molar-refractivity contribution in [3.63, 3.8) is 0 Å². The molecule has 28 heavy (non-hydrogen) atoms. The van der Waals surface area contributed by atoms with Crippen LogP contribution >= 0.6 is 0 Å². The summed E-state index contributed by atoms with van der Waals surface area (Å²) in [5, 5.41) is 2.49. The lowest BCUT2D eigenvalue weighted by Gasteiger charge is -2.29. The van der Waals surface area contributed by atoms with Crippen LogP contribution in [0.15, 0.2) is 36.4 Å². The van der Waals surface area contributed by atoms with Crippen molar-refractivity contribution in [3.8, 4) is 5.75 Å². The Bertz CT molecular complexity index is 823. The first-order valence-corrected chi connectivity index (χ1v) is 9.68. The molecule has 0 spiro atoms. The number of halogens is 3. The molecule has 7 heteroatoms. The lowest BCUT2D eigenvalue weighted by atomic mass is 10.0. The number of benzene rings is 2. The number of ether oxygens (including phenoxy) is 1. The molecule has 1 amide bonds. The van der Waals surface area contributed by atoms with Gasteiger partial charge in [-0.3, -0.25) is 10.2 Å². The van der Waals surface area contributed by atoms with Gasteiger partial charge in [0.15, 0.2) is 0 Å². The van der Waals surface area contributed by atoms with E-state index in [4.69, 9.17) is 4.74 Å². The summed E-state index contributed by atoms with van der Waals surface area (Å²) in [6.07, 6.45) is 0.0327. The number of carbonyl (C=O) groups excluding carboxylic acids is 1. The van der Waals surface area contributed by atoms with Crippen molar-refractivity contribution in [2.75, 3.05) is 13.2 Å². The third-order valence-electron chi connectivity index (χ3n) is 4.89. The van der Waals surface area contributed by atoms with E-state index in [0.29, 0.717) is 12.0 Å². The topological polar surface area (TPSA) is 41.6 Å². The third-order valence-corrected chi connectivity index (χ3v) is 4.89. The molecule has 0 saturated carbocycles. The first kappa shape index (κ1) is 20.5. The Morgan fingerprint density at radius 3 is 2.54 bits per heavy atom. The molecule has 0 radical (unpaired) electrons. The predicted molar refractivity (Wildman–Crippen MR) is 102 cm³/mol. The molecule has 1 fully saturated rings. The average molecular weight is 394 g/mol. The summed E-state index contributed by atoms with van der Waals surface area (Å²) in [6.45, 7) is 2.82. The lowest BCUT2D eigenvalue weighted by Crippen LogP contribution is -2.43. The van der Waals surface area contributed by atoms with Crippen molar-refractivity contribution in [2.24, 2.45) is 0 Å². The fourth-order valence-electron chi connectivity index (χ4n) is 3.45. The summed E-state index contributed by atoms with van der Waals surface area (Å²) >= 11 is 0. The third kappa shape index (κ3) is 4.95. The highest BCUT2D eigenvalue weighted by atomic mass is 19.4. The zero-order valence-corrected chi connectivity index (χ0v) is 15.9. The van der Waals surface area contributed by atoms with Gasteiger partial charge in [0.2, 0.25) is 5.91 Å². The van der Waals surface area contributed by atoms with Crippen LogP contribution in [0.25, 0.3) is 10.8 Å². The second-order valence-corrected chi connectivity index (χ2v) is 7.10. The monoisotopic (exact) mass is 394 g/mol. The Hall–Kier alpha value is -2.28. The van der Waals surface area contributed by atoms with Crippen LogP contribution in [0.4, 0.5) is 13.2 Å². The summed E-state index contributed by atoms with van der Waals surface area (Å²) in [5.41, 5.74) is 2.42. The molecule has 1 atom stereocenters. The fraction of sp³-hybridized carbons (Fsp3) is 0.476. The van der Waals surface area contributed by atoms with Crippen molar-refractivity contribution < 1.29 is 22.7 Å². The van der Waals surface area contributed by atoms with Crippen LogP contribution in [0.5, 0.6) is 5.75 Å². The second kappa shape index (κ2) is 8.82. The molecule has 1 aliphatic heterocycles. The van der Waals surface area contributed by atoms with E-state index in [1.807, 2.05) is 6.07 Å². The fourth-order valence-corrected chi connectivity index (χ4v) is 3.45. The van der Waals surface area contributed by atoms with Crippen LogP contribution in [0.2, 0.25) is 0 Å². The van der Waals surface area contributed by atoms with Crippen molar-refractivity contribution in [1.29, 1.82) is 0 Å². The van der Waals surface area contributed by atoms with Crippen molar-refractivity contribution in [3.05, 3.63) is 42.0 Å². The predicted octanol–water partition coefficient (Wildman–Crippen LogP) is 5.14. The highest BCUT2D eigenvalue weighted by Crippen LogP contribution is 2.39. The minimum atomic E-state index is -4.49. The van der Waals surface area contributed by atoms with E-state index in [2.05, 4.69) is 12.3 Å². The number of hydrogen-bond acceptors (Lipinski definition) is 3. The first-order chi connectivity index (χ1) is 13.4. The maximum Gasteiger partial charge on any atom is 0.409 e. The van der Waals surface area contributed by atoms with Gasteiger partial charge in [0.05, 0.1) is 6.61 Å². The van der Waals surface area contributed by atoms with Crippen molar-refractivity contribution in [1.82, 2.24) is 10.4 Å². The lowest BCUT2D eigenvalue weighted by molar-refractivity contribution is -0.191. The van der Waals surface area contributed by atoms with Gasteiger partial charge in [0, 0.05) is 13.0 Å². The molecule has 3 rings (SSSR count). The molecule has 0 aliphatic carbocycles. The second-order valence-electron chi connectivity index (χ2n) is 7.10. The molecule has 2 aromatic carbocycles. The molecule has 2 aromatic rings. The maximum atomic E-state index is 13.7. The summed E-state index contributed by atoms with van der Waals surface area (Å²) < 4.78 is 46.7. The number of nitrogens with one attached hydrogen (secondary N) is 1. The van der Waals surface area contributed by atoms with Crippen LogP contribution < -0.4 is 10.2 Å². The molecule has 4 nitrogen and oxygen atoms in total. The van der Waals surface area contributed by atoms with E-state index in [1.54, 1.807) is 18.2 Å². The van der Waals surface area contributed by atoms with Crippen LogP contribution in [-0.2, 0) is 4.79 Å². The molecule has 152 valence electrons. The number of fused-ring (bicyclic) bond motifs is 1. The molecule has 0 bridgehead atoms. The zero-order valence-electron chi connectivity index (χ0n) is 15.9. The Morgan fingerprint density at radius 2 is 1.86 bits per heavy atom. The molecule has 1 N–H and O–H groups in total. The quantitative estimate of drug-likeness (QED) is 0.631. The number of unbranched alkanes of at least 4 members (excludes halogenated alkanes) is 3. The van der Waals surface area contributed by atoms with Crippen LogP contribution in [0, 0.1) is 0 Å². The molecule has 1 aliphatic rings. The normalized spacial score (nSPS) is 16.4. The molecule has 1 heterocycles.